The van der Waals surface area contributed by atoms with Crippen molar-refractivity contribution in [1.29, 1.82) is 0 Å². The second-order valence-electron chi connectivity index (χ2n) is 2.89. The van der Waals surface area contributed by atoms with Crippen LogP contribution in [0.3, 0.4) is 0 Å². The van der Waals surface area contributed by atoms with Crippen LogP contribution in [0, 0.1) is 0 Å². The van der Waals surface area contributed by atoms with Gasteiger partial charge in [0.15, 0.2) is 0 Å². The second-order valence-corrected chi connectivity index (χ2v) is 3.23. The van der Waals surface area contributed by atoms with Crippen molar-refractivity contribution in [2.24, 2.45) is 0 Å². The Hall–Kier alpha value is -1.69. The SMILES string of the molecule is COC(=O)CC(=O)N(C)c1ccnc(Cl)n1. The van der Waals surface area contributed by atoms with E-state index in [4.69, 9.17) is 11.6 Å². The molecule has 1 rings (SSSR count). The fourth-order valence-corrected chi connectivity index (χ4v) is 1.10. The van der Waals surface area contributed by atoms with Crippen LogP contribution in [0.1, 0.15) is 6.42 Å². The molecule has 0 spiro atoms. The second kappa shape index (κ2) is 5.41. The van der Waals surface area contributed by atoms with Crippen molar-refractivity contribution >= 4 is 29.3 Å². The molecule has 0 radical (unpaired) electrons. The molecule has 0 fully saturated rings. The molecule has 0 aromatic carbocycles. The average Bonchev–Trinajstić information content (AvgIpc) is 2.27. The molecule has 1 amide bonds. The number of carbonyl (C=O) groups is 2. The number of halogens is 1. The number of amides is 1. The number of rotatable bonds is 3. The summed E-state index contributed by atoms with van der Waals surface area (Å²) in [5.41, 5.74) is 0. The molecule has 16 heavy (non-hydrogen) atoms. The molecule has 0 saturated carbocycles. The Bertz CT molecular complexity index is 411. The van der Waals surface area contributed by atoms with Gasteiger partial charge >= 0.3 is 5.97 Å². The fraction of sp³-hybridized carbons (Fsp3) is 0.333. The predicted molar refractivity (Wildman–Crippen MR) is 57.1 cm³/mol. The minimum Gasteiger partial charge on any atom is -0.469 e. The van der Waals surface area contributed by atoms with Gasteiger partial charge in [-0.2, -0.15) is 0 Å². The van der Waals surface area contributed by atoms with Gasteiger partial charge in [0.1, 0.15) is 12.2 Å². The van der Waals surface area contributed by atoms with Gasteiger partial charge in [-0.3, -0.25) is 14.5 Å². The normalized spacial score (nSPS) is 9.69. The Morgan fingerprint density at radius 1 is 1.56 bits per heavy atom. The van der Waals surface area contributed by atoms with E-state index in [2.05, 4.69) is 14.7 Å². The molecule has 0 saturated heterocycles. The number of anilines is 1. The molecule has 1 aromatic rings. The summed E-state index contributed by atoms with van der Waals surface area (Å²) in [6.45, 7) is 0. The Morgan fingerprint density at radius 3 is 2.81 bits per heavy atom. The van der Waals surface area contributed by atoms with E-state index in [0.29, 0.717) is 5.82 Å². The summed E-state index contributed by atoms with van der Waals surface area (Å²) >= 11 is 5.57. The Morgan fingerprint density at radius 2 is 2.25 bits per heavy atom. The van der Waals surface area contributed by atoms with Crippen LogP contribution in [-0.2, 0) is 14.3 Å². The van der Waals surface area contributed by atoms with Gasteiger partial charge < -0.3 is 4.74 Å². The zero-order chi connectivity index (χ0) is 12.1. The van der Waals surface area contributed by atoms with Crippen LogP contribution >= 0.6 is 11.6 Å². The molecule has 1 aromatic heterocycles. The van der Waals surface area contributed by atoms with E-state index in [0.717, 1.165) is 0 Å². The van der Waals surface area contributed by atoms with Crippen molar-refractivity contribution in [3.63, 3.8) is 0 Å². The summed E-state index contributed by atoms with van der Waals surface area (Å²) in [5.74, 6) is -0.701. The van der Waals surface area contributed by atoms with Crippen LogP contribution in [0.25, 0.3) is 0 Å². The molecule has 0 unspecified atom stereocenters. The molecule has 6 nitrogen and oxygen atoms in total. The molecule has 7 heteroatoms. The molecule has 0 atom stereocenters. The van der Waals surface area contributed by atoms with Gasteiger partial charge in [0, 0.05) is 13.2 Å². The maximum absolute atomic E-state index is 11.5. The minimum absolute atomic E-state index is 0.0372. The van der Waals surface area contributed by atoms with Gasteiger partial charge in [-0.25, -0.2) is 9.97 Å². The van der Waals surface area contributed by atoms with E-state index in [1.165, 1.54) is 31.3 Å². The van der Waals surface area contributed by atoms with Crippen molar-refractivity contribution in [1.82, 2.24) is 9.97 Å². The third kappa shape index (κ3) is 3.16. The average molecular weight is 244 g/mol. The summed E-state index contributed by atoms with van der Waals surface area (Å²) in [6.07, 6.45) is 1.08. The van der Waals surface area contributed by atoms with Crippen molar-refractivity contribution < 1.29 is 14.3 Å². The van der Waals surface area contributed by atoms with Gasteiger partial charge in [-0.05, 0) is 17.7 Å². The lowest BCUT2D eigenvalue weighted by atomic mass is 10.3. The van der Waals surface area contributed by atoms with Crippen molar-refractivity contribution in [2.45, 2.75) is 6.42 Å². The fourth-order valence-electron chi connectivity index (χ4n) is 0.955. The smallest absolute Gasteiger partial charge is 0.315 e. The molecule has 1 heterocycles. The highest BCUT2D eigenvalue weighted by atomic mass is 35.5. The summed E-state index contributed by atoms with van der Waals surface area (Å²) in [6, 6.07) is 1.51. The van der Waals surface area contributed by atoms with Gasteiger partial charge in [-0.1, -0.05) is 0 Å². The monoisotopic (exact) mass is 243 g/mol. The molecule has 86 valence electrons. The largest absolute Gasteiger partial charge is 0.469 e. The van der Waals surface area contributed by atoms with Gasteiger partial charge in [-0.15, -0.1) is 0 Å². The van der Waals surface area contributed by atoms with E-state index in [1.54, 1.807) is 0 Å². The standard InChI is InChI=1S/C9H10ClN3O3/c1-13(7(14)5-8(15)16-2)6-3-4-11-9(10)12-6/h3-4H,5H2,1-2H3. The van der Waals surface area contributed by atoms with E-state index in [9.17, 15) is 9.59 Å². The lowest BCUT2D eigenvalue weighted by Crippen LogP contribution is -2.29. The maximum atomic E-state index is 11.5. The summed E-state index contributed by atoms with van der Waals surface area (Å²) in [4.78, 5) is 31.2. The summed E-state index contributed by atoms with van der Waals surface area (Å²) in [7, 11) is 2.71. The van der Waals surface area contributed by atoms with E-state index in [1.807, 2.05) is 0 Å². The highest BCUT2D eigenvalue weighted by molar-refractivity contribution is 6.28. The topological polar surface area (TPSA) is 72.4 Å². The van der Waals surface area contributed by atoms with E-state index < -0.39 is 11.9 Å². The number of ether oxygens (including phenoxy) is 1. The molecule has 0 aliphatic carbocycles. The lowest BCUT2D eigenvalue weighted by molar-refractivity contribution is -0.143. The third-order valence-corrected chi connectivity index (χ3v) is 2.03. The molecule has 0 aliphatic heterocycles. The first-order valence-corrected chi connectivity index (χ1v) is 4.74. The van der Waals surface area contributed by atoms with E-state index in [-0.39, 0.29) is 11.7 Å². The highest BCUT2D eigenvalue weighted by Gasteiger charge is 2.16. The van der Waals surface area contributed by atoms with Crippen LogP contribution in [-0.4, -0.2) is 36.0 Å². The Labute approximate surface area is 97.2 Å². The van der Waals surface area contributed by atoms with Crippen molar-refractivity contribution in [3.05, 3.63) is 17.5 Å². The Kier molecular flexibility index (Phi) is 4.19. The molecule has 0 bridgehead atoms. The van der Waals surface area contributed by atoms with Crippen LogP contribution in [0.2, 0.25) is 5.28 Å². The first-order valence-electron chi connectivity index (χ1n) is 4.36. The predicted octanol–water partition coefficient (Wildman–Crippen LogP) is 0.656. The number of methoxy groups -OCH3 is 1. The number of hydrogen-bond acceptors (Lipinski definition) is 5. The van der Waals surface area contributed by atoms with Crippen LogP contribution < -0.4 is 4.90 Å². The third-order valence-electron chi connectivity index (χ3n) is 1.85. The minimum atomic E-state index is -0.600. The lowest BCUT2D eigenvalue weighted by Gasteiger charge is -2.15. The zero-order valence-electron chi connectivity index (χ0n) is 8.81. The van der Waals surface area contributed by atoms with Gasteiger partial charge in [0.05, 0.1) is 7.11 Å². The molecule has 0 N–H and O–H groups in total. The molecular formula is C9H10ClN3O3. The number of nitrogens with zero attached hydrogens (tertiary/aromatic N) is 3. The van der Waals surface area contributed by atoms with Crippen LogP contribution in [0.4, 0.5) is 5.82 Å². The maximum Gasteiger partial charge on any atom is 0.315 e. The quantitative estimate of drug-likeness (QED) is 0.443. The van der Waals surface area contributed by atoms with Crippen LogP contribution in [0.15, 0.2) is 12.3 Å². The Balaban J connectivity index is 2.74. The summed E-state index contributed by atoms with van der Waals surface area (Å²) < 4.78 is 4.39. The van der Waals surface area contributed by atoms with Gasteiger partial charge in [0.25, 0.3) is 0 Å². The number of aromatic nitrogens is 2. The first-order chi connectivity index (χ1) is 7.54. The van der Waals surface area contributed by atoms with Crippen LogP contribution in [0.5, 0.6) is 0 Å². The van der Waals surface area contributed by atoms with E-state index >= 15 is 0 Å². The van der Waals surface area contributed by atoms with Crippen molar-refractivity contribution in [2.75, 3.05) is 19.1 Å². The molecular weight excluding hydrogens is 234 g/mol. The number of carbonyl (C=O) groups excluding carboxylic acids is 2. The van der Waals surface area contributed by atoms with Crippen molar-refractivity contribution in [3.8, 4) is 0 Å². The zero-order valence-corrected chi connectivity index (χ0v) is 9.56. The molecule has 0 aliphatic rings. The summed E-state index contributed by atoms with van der Waals surface area (Å²) in [5, 5.41) is 0.0372. The highest BCUT2D eigenvalue weighted by Crippen LogP contribution is 2.11. The number of esters is 1. The first kappa shape index (κ1) is 12.4. The number of hydrogen-bond donors (Lipinski definition) is 0. The van der Waals surface area contributed by atoms with Gasteiger partial charge in [0.2, 0.25) is 11.2 Å².